The van der Waals surface area contributed by atoms with Crippen LogP contribution in [-0.4, -0.2) is 29.4 Å². The van der Waals surface area contributed by atoms with Gasteiger partial charge < -0.3 is 9.47 Å². The normalized spacial score (nSPS) is 12.0. The molecule has 2 rings (SSSR count). The largest absolute Gasteiger partial charge is 0.493 e. The minimum Gasteiger partial charge on any atom is -0.493 e. The highest BCUT2D eigenvalue weighted by Gasteiger charge is 2.07. The fraction of sp³-hybridized carbons (Fsp3) is 0.565. The summed E-state index contributed by atoms with van der Waals surface area (Å²) in [6.07, 6.45) is 10.4. The number of halogens is 1. The Morgan fingerprint density at radius 3 is 2.14 bits per heavy atom. The van der Waals surface area contributed by atoms with Crippen LogP contribution < -0.4 is 9.47 Å². The predicted molar refractivity (Wildman–Crippen MR) is 112 cm³/mol. The number of benzene rings is 1. The third-order valence-corrected chi connectivity index (χ3v) is 4.58. The van der Waals surface area contributed by atoms with Gasteiger partial charge in [-0.2, -0.15) is 0 Å². The number of hydrogen-bond acceptors (Lipinski definition) is 4. The van der Waals surface area contributed by atoms with E-state index in [2.05, 4.69) is 23.8 Å². The van der Waals surface area contributed by atoms with E-state index < -0.39 is 6.17 Å². The zero-order valence-corrected chi connectivity index (χ0v) is 17.2. The molecule has 1 unspecified atom stereocenters. The molecular formula is C23H33FN2O2. The second-order valence-electron chi connectivity index (χ2n) is 7.05. The highest BCUT2D eigenvalue weighted by molar-refractivity contribution is 5.56. The van der Waals surface area contributed by atoms with Crippen molar-refractivity contribution in [2.45, 2.75) is 71.4 Å². The van der Waals surface area contributed by atoms with Crippen LogP contribution in [0.2, 0.25) is 0 Å². The molecular weight excluding hydrogens is 355 g/mol. The number of hydrogen-bond donors (Lipinski definition) is 0. The first-order valence-electron chi connectivity index (χ1n) is 10.5. The van der Waals surface area contributed by atoms with Crippen molar-refractivity contribution in [3.8, 4) is 22.9 Å². The van der Waals surface area contributed by atoms with Crippen LogP contribution in [-0.2, 0) is 0 Å². The zero-order chi connectivity index (χ0) is 20.0. The Bertz CT molecular complexity index is 647. The van der Waals surface area contributed by atoms with Crippen LogP contribution in [0.25, 0.3) is 11.4 Å². The molecule has 1 aromatic carbocycles. The van der Waals surface area contributed by atoms with E-state index in [4.69, 9.17) is 9.47 Å². The van der Waals surface area contributed by atoms with Crippen LogP contribution in [0.5, 0.6) is 11.5 Å². The van der Waals surface area contributed by atoms with Crippen LogP contribution in [0.15, 0.2) is 36.7 Å². The van der Waals surface area contributed by atoms with E-state index in [-0.39, 0.29) is 0 Å². The van der Waals surface area contributed by atoms with E-state index in [1.54, 1.807) is 12.4 Å². The molecule has 1 aromatic heterocycles. The molecule has 154 valence electrons. The molecule has 0 aliphatic heterocycles. The van der Waals surface area contributed by atoms with E-state index in [9.17, 15) is 4.39 Å². The lowest BCUT2D eigenvalue weighted by Gasteiger charge is -2.10. The van der Waals surface area contributed by atoms with E-state index in [0.29, 0.717) is 37.6 Å². The molecule has 0 aliphatic carbocycles. The van der Waals surface area contributed by atoms with E-state index in [1.807, 2.05) is 24.3 Å². The number of alkyl halides is 1. The number of ether oxygens (including phenoxy) is 2. The standard InChI is InChI=1S/C23H33FN2O2/c1-3-5-7-8-15-27-22-17-25-23(26-18-22)19-10-12-21(13-11-19)28-16-14-20(24)9-6-4-2/h10-13,17-18,20H,3-9,14-16H2,1-2H3. The SMILES string of the molecule is CCCCCCOc1cnc(-c2ccc(OCCC(F)CCCC)cc2)nc1. The fourth-order valence-electron chi connectivity index (χ4n) is 2.83. The number of rotatable bonds is 14. The second-order valence-corrected chi connectivity index (χ2v) is 7.05. The van der Waals surface area contributed by atoms with Gasteiger partial charge in [0.1, 0.15) is 11.9 Å². The molecule has 1 heterocycles. The van der Waals surface area contributed by atoms with Gasteiger partial charge in [0.15, 0.2) is 11.6 Å². The van der Waals surface area contributed by atoms with Crippen molar-refractivity contribution in [2.24, 2.45) is 0 Å². The van der Waals surface area contributed by atoms with Crippen molar-refractivity contribution < 1.29 is 13.9 Å². The van der Waals surface area contributed by atoms with Gasteiger partial charge in [-0.1, -0.05) is 46.0 Å². The van der Waals surface area contributed by atoms with Gasteiger partial charge >= 0.3 is 0 Å². The first-order chi connectivity index (χ1) is 13.7. The Morgan fingerprint density at radius 2 is 1.46 bits per heavy atom. The molecule has 0 fully saturated rings. The minimum absolute atomic E-state index is 0.394. The Hall–Kier alpha value is -2.17. The average molecular weight is 389 g/mol. The lowest BCUT2D eigenvalue weighted by molar-refractivity contribution is 0.223. The van der Waals surface area contributed by atoms with Crippen molar-refractivity contribution in [1.82, 2.24) is 9.97 Å². The maximum atomic E-state index is 13.6. The quantitative estimate of drug-likeness (QED) is 0.351. The van der Waals surface area contributed by atoms with Gasteiger partial charge in [-0.25, -0.2) is 14.4 Å². The number of nitrogens with zero attached hydrogens (tertiary/aromatic N) is 2. The van der Waals surface area contributed by atoms with Gasteiger partial charge in [0.05, 0.1) is 25.6 Å². The summed E-state index contributed by atoms with van der Waals surface area (Å²) >= 11 is 0. The molecule has 1 atom stereocenters. The summed E-state index contributed by atoms with van der Waals surface area (Å²) in [7, 11) is 0. The Kier molecular flexibility index (Phi) is 10.3. The van der Waals surface area contributed by atoms with Crippen molar-refractivity contribution in [3.63, 3.8) is 0 Å². The Morgan fingerprint density at radius 1 is 0.786 bits per heavy atom. The third-order valence-electron chi connectivity index (χ3n) is 4.58. The highest BCUT2D eigenvalue weighted by Crippen LogP contribution is 2.21. The Balaban J connectivity index is 1.76. The third kappa shape index (κ3) is 8.24. The maximum Gasteiger partial charge on any atom is 0.159 e. The summed E-state index contributed by atoms with van der Waals surface area (Å²) < 4.78 is 24.9. The van der Waals surface area contributed by atoms with Crippen molar-refractivity contribution in [1.29, 1.82) is 0 Å². The second kappa shape index (κ2) is 13.1. The summed E-state index contributed by atoms with van der Waals surface area (Å²) in [4.78, 5) is 8.76. The van der Waals surface area contributed by atoms with E-state index >= 15 is 0 Å². The zero-order valence-electron chi connectivity index (χ0n) is 17.2. The van der Waals surface area contributed by atoms with Crippen LogP contribution in [0, 0.1) is 0 Å². The molecule has 28 heavy (non-hydrogen) atoms. The topological polar surface area (TPSA) is 44.2 Å². The van der Waals surface area contributed by atoms with Crippen LogP contribution in [0.3, 0.4) is 0 Å². The first-order valence-corrected chi connectivity index (χ1v) is 10.5. The fourth-order valence-corrected chi connectivity index (χ4v) is 2.83. The van der Waals surface area contributed by atoms with E-state index in [1.165, 1.54) is 19.3 Å². The molecule has 0 saturated carbocycles. The summed E-state index contributed by atoms with van der Waals surface area (Å²) in [5, 5.41) is 0. The molecule has 0 spiro atoms. The smallest absolute Gasteiger partial charge is 0.159 e. The minimum atomic E-state index is -0.778. The monoisotopic (exact) mass is 388 g/mol. The molecule has 0 aliphatic rings. The van der Waals surface area contributed by atoms with Gasteiger partial charge in [-0.05, 0) is 37.1 Å². The van der Waals surface area contributed by atoms with Crippen LogP contribution >= 0.6 is 0 Å². The summed E-state index contributed by atoms with van der Waals surface area (Å²) in [5.41, 5.74) is 0.910. The number of aromatic nitrogens is 2. The lowest BCUT2D eigenvalue weighted by atomic mass is 10.1. The van der Waals surface area contributed by atoms with Gasteiger partial charge in [-0.3, -0.25) is 0 Å². The van der Waals surface area contributed by atoms with Crippen molar-refractivity contribution in [2.75, 3.05) is 13.2 Å². The molecule has 0 N–H and O–H groups in total. The van der Waals surface area contributed by atoms with Crippen molar-refractivity contribution >= 4 is 0 Å². The Labute approximate surface area is 168 Å². The molecule has 0 amide bonds. The van der Waals surface area contributed by atoms with Crippen LogP contribution in [0.1, 0.15) is 65.2 Å². The first kappa shape index (κ1) is 22.1. The molecule has 0 radical (unpaired) electrons. The van der Waals surface area contributed by atoms with Gasteiger partial charge in [0, 0.05) is 12.0 Å². The number of unbranched alkanes of at least 4 members (excludes halogenated alkanes) is 4. The molecule has 2 aromatic rings. The molecule has 0 bridgehead atoms. The summed E-state index contributed by atoms with van der Waals surface area (Å²) in [6.45, 7) is 5.36. The van der Waals surface area contributed by atoms with Gasteiger partial charge in [0.25, 0.3) is 0 Å². The predicted octanol–water partition coefficient (Wildman–Crippen LogP) is 6.40. The molecule has 0 saturated heterocycles. The maximum absolute atomic E-state index is 13.6. The molecule has 4 nitrogen and oxygen atoms in total. The van der Waals surface area contributed by atoms with Gasteiger partial charge in [0.2, 0.25) is 0 Å². The van der Waals surface area contributed by atoms with E-state index in [0.717, 1.165) is 30.6 Å². The summed E-state index contributed by atoms with van der Waals surface area (Å²) in [5.74, 6) is 2.08. The van der Waals surface area contributed by atoms with Crippen molar-refractivity contribution in [3.05, 3.63) is 36.7 Å². The van der Waals surface area contributed by atoms with Crippen LogP contribution in [0.4, 0.5) is 4.39 Å². The average Bonchev–Trinajstić information content (AvgIpc) is 2.73. The highest BCUT2D eigenvalue weighted by atomic mass is 19.1. The van der Waals surface area contributed by atoms with Gasteiger partial charge in [-0.15, -0.1) is 0 Å². The molecule has 5 heteroatoms. The lowest BCUT2D eigenvalue weighted by Crippen LogP contribution is -2.07. The summed E-state index contributed by atoms with van der Waals surface area (Å²) in [6, 6.07) is 7.58.